The molecule has 1 heterocycles. The summed E-state index contributed by atoms with van der Waals surface area (Å²) in [4.78, 5) is 23.7. The van der Waals surface area contributed by atoms with Crippen LogP contribution in [0.15, 0.2) is 52.7 Å². The highest BCUT2D eigenvalue weighted by Crippen LogP contribution is 2.18. The summed E-state index contributed by atoms with van der Waals surface area (Å²) in [5, 5.41) is 6.42. The van der Waals surface area contributed by atoms with Gasteiger partial charge in [0.25, 0.3) is 5.91 Å². The van der Waals surface area contributed by atoms with E-state index in [4.69, 9.17) is 4.74 Å². The Kier molecular flexibility index (Phi) is 5.49. The number of anilines is 1. The molecule has 1 N–H and O–H groups in total. The molecule has 0 bridgehead atoms. The third kappa shape index (κ3) is 4.30. The van der Waals surface area contributed by atoms with Gasteiger partial charge < -0.3 is 10.1 Å². The Hall–Kier alpha value is -2.40. The van der Waals surface area contributed by atoms with Crippen LogP contribution in [0, 0.1) is 0 Å². The Morgan fingerprint density at radius 3 is 2.55 bits per heavy atom. The van der Waals surface area contributed by atoms with Crippen LogP contribution in [0.4, 0.5) is 5.69 Å². The van der Waals surface area contributed by atoms with Crippen molar-refractivity contribution < 1.29 is 14.3 Å². The number of carbonyl (C=O) groups is 2. The minimum absolute atomic E-state index is 0.160. The molecule has 4 nitrogen and oxygen atoms in total. The Balaban J connectivity index is 1.97. The summed E-state index contributed by atoms with van der Waals surface area (Å²) in [6, 6.07) is 8.47. The van der Waals surface area contributed by atoms with E-state index in [1.165, 1.54) is 11.3 Å². The second-order valence-corrected chi connectivity index (χ2v) is 5.46. The van der Waals surface area contributed by atoms with Gasteiger partial charge in [-0.2, -0.15) is 11.3 Å². The maximum atomic E-state index is 11.9. The third-order valence-corrected chi connectivity index (χ3v) is 3.62. The number of rotatable bonds is 5. The molecular formula is C17H17NO3S. The summed E-state index contributed by atoms with van der Waals surface area (Å²) in [6.07, 6.45) is 2.60. The molecule has 1 aromatic heterocycles. The molecule has 5 heteroatoms. The molecule has 1 aromatic carbocycles. The van der Waals surface area contributed by atoms with Gasteiger partial charge in [-0.05, 0) is 49.1 Å². The van der Waals surface area contributed by atoms with Crippen molar-refractivity contribution in [1.82, 2.24) is 0 Å². The van der Waals surface area contributed by atoms with E-state index in [-0.39, 0.29) is 11.9 Å². The number of benzene rings is 1. The molecule has 0 unspecified atom stereocenters. The molecule has 1 amide bonds. The first-order valence-corrected chi connectivity index (χ1v) is 7.87. The molecule has 0 atom stereocenters. The lowest BCUT2D eigenvalue weighted by Crippen LogP contribution is -2.11. The standard InChI is InChI=1S/C17H17NO3S/c1-3-4-12(2)17(20)21-15-7-5-14(6-8-15)18-16(19)13-9-10-22-11-13/h4-11H,3H2,1-2H3,(H,18,19). The van der Waals surface area contributed by atoms with Gasteiger partial charge in [0.1, 0.15) is 5.75 Å². The fourth-order valence-electron chi connectivity index (χ4n) is 1.78. The second-order valence-electron chi connectivity index (χ2n) is 4.68. The molecule has 2 rings (SSSR count). The van der Waals surface area contributed by atoms with Gasteiger partial charge in [0.2, 0.25) is 0 Å². The summed E-state index contributed by atoms with van der Waals surface area (Å²) in [6.45, 7) is 3.68. The van der Waals surface area contributed by atoms with Gasteiger partial charge in [0.05, 0.1) is 5.56 Å². The van der Waals surface area contributed by atoms with Gasteiger partial charge in [-0.3, -0.25) is 4.79 Å². The molecule has 0 saturated carbocycles. The first-order valence-electron chi connectivity index (χ1n) is 6.92. The first-order chi connectivity index (χ1) is 10.6. The van der Waals surface area contributed by atoms with E-state index in [0.29, 0.717) is 22.6 Å². The van der Waals surface area contributed by atoms with Crippen molar-refractivity contribution in [2.24, 2.45) is 0 Å². The van der Waals surface area contributed by atoms with Gasteiger partial charge in [-0.15, -0.1) is 0 Å². The Labute approximate surface area is 133 Å². The highest BCUT2D eigenvalue weighted by atomic mass is 32.1. The molecule has 0 aliphatic rings. The predicted molar refractivity (Wildman–Crippen MR) is 88.4 cm³/mol. The van der Waals surface area contributed by atoms with Crippen molar-refractivity contribution in [3.8, 4) is 5.75 Å². The van der Waals surface area contributed by atoms with Crippen LogP contribution in [0.3, 0.4) is 0 Å². The molecule has 22 heavy (non-hydrogen) atoms. The van der Waals surface area contributed by atoms with Crippen LogP contribution < -0.4 is 10.1 Å². The van der Waals surface area contributed by atoms with E-state index in [9.17, 15) is 9.59 Å². The zero-order valence-corrected chi connectivity index (χ0v) is 13.3. The van der Waals surface area contributed by atoms with Crippen molar-refractivity contribution in [2.45, 2.75) is 20.3 Å². The number of amides is 1. The fraction of sp³-hybridized carbons (Fsp3) is 0.176. The summed E-state index contributed by atoms with van der Waals surface area (Å²) in [5.41, 5.74) is 1.86. The Morgan fingerprint density at radius 2 is 1.95 bits per heavy atom. The normalized spacial score (nSPS) is 11.1. The molecule has 114 valence electrons. The van der Waals surface area contributed by atoms with Gasteiger partial charge in [0, 0.05) is 16.6 Å². The molecule has 0 radical (unpaired) electrons. The van der Waals surface area contributed by atoms with Crippen LogP contribution >= 0.6 is 11.3 Å². The van der Waals surface area contributed by atoms with Crippen molar-refractivity contribution in [3.63, 3.8) is 0 Å². The van der Waals surface area contributed by atoms with E-state index >= 15 is 0 Å². The number of ether oxygens (including phenoxy) is 1. The quantitative estimate of drug-likeness (QED) is 0.509. The molecule has 0 aliphatic carbocycles. The van der Waals surface area contributed by atoms with E-state index in [1.54, 1.807) is 42.6 Å². The summed E-state index contributed by atoms with van der Waals surface area (Å²) < 4.78 is 5.24. The average Bonchev–Trinajstić information content (AvgIpc) is 3.04. The van der Waals surface area contributed by atoms with Crippen molar-refractivity contribution in [1.29, 1.82) is 0 Å². The van der Waals surface area contributed by atoms with E-state index < -0.39 is 0 Å². The van der Waals surface area contributed by atoms with Crippen LogP contribution in [0.1, 0.15) is 30.6 Å². The van der Waals surface area contributed by atoms with Gasteiger partial charge >= 0.3 is 5.97 Å². The van der Waals surface area contributed by atoms with Crippen molar-refractivity contribution in [3.05, 3.63) is 58.3 Å². The summed E-state index contributed by atoms with van der Waals surface area (Å²) in [5.74, 6) is -0.0768. The topological polar surface area (TPSA) is 55.4 Å². The van der Waals surface area contributed by atoms with E-state index in [2.05, 4.69) is 5.32 Å². The minimum Gasteiger partial charge on any atom is -0.423 e. The van der Waals surface area contributed by atoms with Gasteiger partial charge in [0.15, 0.2) is 0 Å². The SMILES string of the molecule is CCC=C(C)C(=O)Oc1ccc(NC(=O)c2ccsc2)cc1. The monoisotopic (exact) mass is 315 g/mol. The van der Waals surface area contributed by atoms with Crippen LogP contribution in [0.5, 0.6) is 5.75 Å². The highest BCUT2D eigenvalue weighted by molar-refractivity contribution is 7.08. The Bertz CT molecular complexity index is 672. The number of thiophene rings is 1. The molecule has 0 aliphatic heterocycles. The van der Waals surface area contributed by atoms with Gasteiger partial charge in [-0.25, -0.2) is 4.79 Å². The molecule has 2 aromatic rings. The van der Waals surface area contributed by atoms with Crippen LogP contribution in [0.2, 0.25) is 0 Å². The lowest BCUT2D eigenvalue weighted by molar-refractivity contribution is -0.130. The number of esters is 1. The lowest BCUT2D eigenvalue weighted by Gasteiger charge is -2.07. The second kappa shape index (κ2) is 7.56. The fourth-order valence-corrected chi connectivity index (χ4v) is 2.42. The molecule has 0 saturated heterocycles. The largest absolute Gasteiger partial charge is 0.423 e. The van der Waals surface area contributed by atoms with E-state index in [1.807, 2.05) is 18.4 Å². The number of hydrogen-bond acceptors (Lipinski definition) is 4. The first kappa shape index (κ1) is 16.0. The highest BCUT2D eigenvalue weighted by Gasteiger charge is 2.08. The third-order valence-electron chi connectivity index (χ3n) is 2.94. The maximum Gasteiger partial charge on any atom is 0.338 e. The Morgan fingerprint density at radius 1 is 1.23 bits per heavy atom. The van der Waals surface area contributed by atoms with Crippen molar-refractivity contribution in [2.75, 3.05) is 5.32 Å². The summed E-state index contributed by atoms with van der Waals surface area (Å²) in [7, 11) is 0. The lowest BCUT2D eigenvalue weighted by atomic mass is 10.2. The van der Waals surface area contributed by atoms with Crippen LogP contribution in [0.25, 0.3) is 0 Å². The molecule has 0 fully saturated rings. The molecule has 0 spiro atoms. The number of nitrogens with one attached hydrogen (secondary N) is 1. The minimum atomic E-state index is -0.364. The predicted octanol–water partition coefficient (Wildman–Crippen LogP) is 4.26. The van der Waals surface area contributed by atoms with Crippen molar-refractivity contribution >= 4 is 28.9 Å². The number of hydrogen-bond donors (Lipinski definition) is 1. The number of carbonyl (C=O) groups excluding carboxylic acids is 2. The van der Waals surface area contributed by atoms with Crippen LogP contribution in [-0.4, -0.2) is 11.9 Å². The zero-order chi connectivity index (χ0) is 15.9. The van der Waals surface area contributed by atoms with Crippen LogP contribution in [-0.2, 0) is 4.79 Å². The smallest absolute Gasteiger partial charge is 0.338 e. The van der Waals surface area contributed by atoms with E-state index in [0.717, 1.165) is 6.42 Å². The van der Waals surface area contributed by atoms with Gasteiger partial charge in [-0.1, -0.05) is 13.0 Å². The zero-order valence-electron chi connectivity index (χ0n) is 12.5. The molecular weight excluding hydrogens is 298 g/mol. The number of allylic oxidation sites excluding steroid dienone is 1. The summed E-state index contributed by atoms with van der Waals surface area (Å²) >= 11 is 1.47. The average molecular weight is 315 g/mol. The maximum absolute atomic E-state index is 11.9.